The van der Waals surface area contributed by atoms with Gasteiger partial charge in [-0.3, -0.25) is 4.90 Å². The highest BCUT2D eigenvalue weighted by Gasteiger charge is 2.48. The lowest BCUT2D eigenvalue weighted by molar-refractivity contribution is -0.141. The molecule has 0 radical (unpaired) electrons. The molecule has 2 bridgehead atoms. The van der Waals surface area contributed by atoms with Gasteiger partial charge in [0.05, 0.1) is 6.61 Å². The maximum absolute atomic E-state index is 5.94. The van der Waals surface area contributed by atoms with Crippen molar-refractivity contribution in [1.82, 2.24) is 4.90 Å². The first kappa shape index (κ1) is 7.34. The van der Waals surface area contributed by atoms with Gasteiger partial charge in [-0.1, -0.05) is 6.42 Å². The third-order valence-electron chi connectivity index (χ3n) is 3.90. The molecule has 1 saturated carbocycles. The predicted octanol–water partition coefficient (Wildman–Crippen LogP) is 1.61. The lowest BCUT2D eigenvalue weighted by Gasteiger charge is -2.47. The molecule has 0 N–H and O–H groups in total. The van der Waals surface area contributed by atoms with Gasteiger partial charge in [0.1, 0.15) is 5.72 Å². The Morgan fingerprint density at radius 2 is 2.25 bits per heavy atom. The van der Waals surface area contributed by atoms with E-state index in [-0.39, 0.29) is 5.72 Å². The van der Waals surface area contributed by atoms with Crippen molar-refractivity contribution in [3.05, 3.63) is 0 Å². The molecule has 2 saturated heterocycles. The number of fused-ring (bicyclic) bond motifs is 1. The molecule has 1 aliphatic carbocycles. The molecule has 1 spiro atoms. The molecule has 0 unspecified atom stereocenters. The van der Waals surface area contributed by atoms with Gasteiger partial charge in [0.15, 0.2) is 0 Å². The van der Waals surface area contributed by atoms with Gasteiger partial charge in [0.2, 0.25) is 0 Å². The van der Waals surface area contributed by atoms with Crippen LogP contribution in [0.2, 0.25) is 0 Å². The average molecular weight is 167 g/mol. The second-order valence-corrected chi connectivity index (χ2v) is 4.53. The Kier molecular flexibility index (Phi) is 1.50. The molecule has 2 heterocycles. The van der Waals surface area contributed by atoms with Crippen LogP contribution in [0.4, 0.5) is 0 Å². The van der Waals surface area contributed by atoms with Gasteiger partial charge in [-0.2, -0.15) is 0 Å². The second kappa shape index (κ2) is 2.46. The van der Waals surface area contributed by atoms with Crippen LogP contribution in [0.15, 0.2) is 0 Å². The molecule has 68 valence electrons. The van der Waals surface area contributed by atoms with E-state index in [9.17, 15) is 0 Å². The van der Waals surface area contributed by atoms with Crippen molar-refractivity contribution >= 4 is 0 Å². The van der Waals surface area contributed by atoms with Gasteiger partial charge in [-0.05, 0) is 31.6 Å². The molecule has 0 aromatic carbocycles. The van der Waals surface area contributed by atoms with E-state index in [0.717, 1.165) is 12.5 Å². The SMILES string of the molecule is C1C[C@@H]2CCN3CCO[C@@]3(C1)C2. The molecule has 12 heavy (non-hydrogen) atoms. The first-order valence-electron chi connectivity index (χ1n) is 5.28. The number of ether oxygens (including phenoxy) is 1. The lowest BCUT2D eigenvalue weighted by atomic mass is 9.77. The zero-order chi connectivity index (χ0) is 8.02. The molecule has 2 aliphatic heterocycles. The van der Waals surface area contributed by atoms with Gasteiger partial charge < -0.3 is 4.74 Å². The summed E-state index contributed by atoms with van der Waals surface area (Å²) >= 11 is 0. The van der Waals surface area contributed by atoms with Gasteiger partial charge >= 0.3 is 0 Å². The Morgan fingerprint density at radius 1 is 1.25 bits per heavy atom. The van der Waals surface area contributed by atoms with Gasteiger partial charge in [0, 0.05) is 13.1 Å². The van der Waals surface area contributed by atoms with E-state index < -0.39 is 0 Å². The summed E-state index contributed by atoms with van der Waals surface area (Å²) in [5.41, 5.74) is 0.223. The van der Waals surface area contributed by atoms with Crippen LogP contribution in [0.5, 0.6) is 0 Å². The minimum atomic E-state index is 0.223. The maximum atomic E-state index is 5.94. The molecular weight excluding hydrogens is 150 g/mol. The Morgan fingerprint density at radius 3 is 3.25 bits per heavy atom. The Bertz CT molecular complexity index is 194. The summed E-state index contributed by atoms with van der Waals surface area (Å²) in [5, 5.41) is 0. The van der Waals surface area contributed by atoms with E-state index in [0.29, 0.717) is 0 Å². The zero-order valence-corrected chi connectivity index (χ0v) is 7.59. The minimum absolute atomic E-state index is 0.223. The van der Waals surface area contributed by atoms with Crippen LogP contribution in [-0.2, 0) is 4.74 Å². The highest BCUT2D eigenvalue weighted by atomic mass is 16.5. The Balaban J connectivity index is 1.89. The third-order valence-corrected chi connectivity index (χ3v) is 3.90. The highest BCUT2D eigenvalue weighted by molar-refractivity contribution is 4.95. The van der Waals surface area contributed by atoms with E-state index in [1.54, 1.807) is 0 Å². The first-order valence-corrected chi connectivity index (χ1v) is 5.28. The van der Waals surface area contributed by atoms with Crippen molar-refractivity contribution in [2.75, 3.05) is 19.7 Å². The Hall–Kier alpha value is -0.0800. The van der Waals surface area contributed by atoms with E-state index >= 15 is 0 Å². The normalized spacial score (nSPS) is 47.5. The number of hydrogen-bond acceptors (Lipinski definition) is 2. The molecule has 2 heteroatoms. The van der Waals surface area contributed by atoms with Crippen LogP contribution in [0, 0.1) is 5.92 Å². The van der Waals surface area contributed by atoms with Crippen LogP contribution in [0.1, 0.15) is 32.1 Å². The van der Waals surface area contributed by atoms with Crippen molar-refractivity contribution < 1.29 is 4.74 Å². The van der Waals surface area contributed by atoms with E-state index in [1.165, 1.54) is 45.2 Å². The monoisotopic (exact) mass is 167 g/mol. The van der Waals surface area contributed by atoms with Crippen molar-refractivity contribution in [2.24, 2.45) is 5.92 Å². The standard InChI is InChI=1S/C10H17NO/c1-2-9-3-5-11-6-7-12-10(11,4-1)8-9/h9H,1-8H2/t9-,10+/m1/s1. The van der Waals surface area contributed by atoms with E-state index in [4.69, 9.17) is 4.74 Å². The summed E-state index contributed by atoms with van der Waals surface area (Å²) < 4.78 is 5.94. The van der Waals surface area contributed by atoms with E-state index in [1.807, 2.05) is 0 Å². The van der Waals surface area contributed by atoms with Gasteiger partial charge in [-0.25, -0.2) is 0 Å². The summed E-state index contributed by atoms with van der Waals surface area (Å²) in [4.78, 5) is 2.59. The summed E-state index contributed by atoms with van der Waals surface area (Å²) in [6, 6.07) is 0. The van der Waals surface area contributed by atoms with Crippen molar-refractivity contribution in [1.29, 1.82) is 0 Å². The fraction of sp³-hybridized carbons (Fsp3) is 1.00. The maximum Gasteiger partial charge on any atom is 0.122 e. The molecule has 2 nitrogen and oxygen atoms in total. The number of rotatable bonds is 0. The van der Waals surface area contributed by atoms with Crippen LogP contribution >= 0.6 is 0 Å². The number of piperidine rings is 1. The first-order chi connectivity index (χ1) is 5.89. The van der Waals surface area contributed by atoms with Crippen LogP contribution in [0.25, 0.3) is 0 Å². The van der Waals surface area contributed by atoms with E-state index in [2.05, 4.69) is 4.90 Å². The zero-order valence-electron chi connectivity index (χ0n) is 7.59. The fourth-order valence-electron chi connectivity index (χ4n) is 3.28. The summed E-state index contributed by atoms with van der Waals surface area (Å²) in [5.74, 6) is 0.980. The van der Waals surface area contributed by atoms with Gasteiger partial charge in [0.25, 0.3) is 0 Å². The molecular formula is C10H17NO. The summed E-state index contributed by atoms with van der Waals surface area (Å²) in [6.07, 6.45) is 6.89. The lowest BCUT2D eigenvalue weighted by Crippen LogP contribution is -2.52. The largest absolute Gasteiger partial charge is 0.359 e. The molecule has 2 atom stereocenters. The molecule has 0 aromatic heterocycles. The molecule has 3 aliphatic rings. The quantitative estimate of drug-likeness (QED) is 0.543. The highest BCUT2D eigenvalue weighted by Crippen LogP contribution is 2.45. The summed E-state index contributed by atoms with van der Waals surface area (Å²) in [7, 11) is 0. The van der Waals surface area contributed by atoms with Crippen molar-refractivity contribution in [2.45, 2.75) is 37.8 Å². The second-order valence-electron chi connectivity index (χ2n) is 4.53. The number of nitrogens with zero attached hydrogens (tertiary/aromatic N) is 1. The van der Waals surface area contributed by atoms with Crippen molar-refractivity contribution in [3.63, 3.8) is 0 Å². The molecule has 0 amide bonds. The fourth-order valence-corrected chi connectivity index (χ4v) is 3.28. The topological polar surface area (TPSA) is 12.5 Å². The average Bonchev–Trinajstić information content (AvgIpc) is 2.46. The smallest absolute Gasteiger partial charge is 0.122 e. The minimum Gasteiger partial charge on any atom is -0.359 e. The Labute approximate surface area is 73.9 Å². The van der Waals surface area contributed by atoms with Gasteiger partial charge in [-0.15, -0.1) is 0 Å². The summed E-state index contributed by atoms with van der Waals surface area (Å²) in [6.45, 7) is 3.46. The van der Waals surface area contributed by atoms with Crippen LogP contribution in [0.3, 0.4) is 0 Å². The molecule has 3 rings (SSSR count). The van der Waals surface area contributed by atoms with Crippen molar-refractivity contribution in [3.8, 4) is 0 Å². The van der Waals surface area contributed by atoms with Crippen LogP contribution in [-0.4, -0.2) is 30.3 Å². The molecule has 0 aromatic rings. The predicted molar refractivity (Wildman–Crippen MR) is 46.8 cm³/mol. The third kappa shape index (κ3) is 0.882. The van der Waals surface area contributed by atoms with Crippen LogP contribution < -0.4 is 0 Å². The number of hydrogen-bond donors (Lipinski definition) is 0. The molecule has 3 fully saturated rings.